The van der Waals surface area contributed by atoms with Gasteiger partial charge in [0.15, 0.2) is 0 Å². The maximum absolute atomic E-state index is 13.4. The van der Waals surface area contributed by atoms with E-state index >= 15 is 0 Å². The van der Waals surface area contributed by atoms with Crippen LogP contribution in [0.2, 0.25) is 5.02 Å². The Balaban J connectivity index is 1.56. The van der Waals surface area contributed by atoms with Crippen LogP contribution < -0.4 is 0 Å². The van der Waals surface area contributed by atoms with Crippen molar-refractivity contribution in [3.8, 4) is 16.4 Å². The fourth-order valence-corrected chi connectivity index (χ4v) is 6.08. The molecular formula is C24H28ClN5OS. The Morgan fingerprint density at radius 3 is 2.84 bits per heavy atom. The van der Waals surface area contributed by atoms with E-state index in [1.807, 2.05) is 23.4 Å². The Hall–Kier alpha value is -2.22. The van der Waals surface area contributed by atoms with Crippen molar-refractivity contribution in [2.45, 2.75) is 52.1 Å². The minimum atomic E-state index is -0.00695. The van der Waals surface area contributed by atoms with E-state index in [9.17, 15) is 4.79 Å². The molecule has 0 aliphatic carbocycles. The van der Waals surface area contributed by atoms with Crippen molar-refractivity contribution >= 4 is 28.8 Å². The van der Waals surface area contributed by atoms with Gasteiger partial charge in [-0.15, -0.1) is 11.3 Å². The third kappa shape index (κ3) is 3.66. The van der Waals surface area contributed by atoms with Crippen LogP contribution in [-0.2, 0) is 6.54 Å². The summed E-state index contributed by atoms with van der Waals surface area (Å²) in [6.07, 6.45) is 6.01. The Bertz CT molecular complexity index is 1130. The Labute approximate surface area is 197 Å². The third-order valence-electron chi connectivity index (χ3n) is 6.32. The van der Waals surface area contributed by atoms with Crippen molar-refractivity contribution in [3.63, 3.8) is 0 Å². The van der Waals surface area contributed by atoms with Gasteiger partial charge in [0.25, 0.3) is 5.91 Å². The lowest BCUT2D eigenvalue weighted by molar-refractivity contribution is 0.0739. The van der Waals surface area contributed by atoms with Gasteiger partial charge in [0.05, 0.1) is 33.7 Å². The van der Waals surface area contributed by atoms with Gasteiger partial charge in [0.1, 0.15) is 17.0 Å². The van der Waals surface area contributed by atoms with Gasteiger partial charge in [-0.3, -0.25) is 14.3 Å². The van der Waals surface area contributed by atoms with E-state index in [1.54, 1.807) is 17.4 Å². The molecule has 1 saturated heterocycles. The van der Waals surface area contributed by atoms with Crippen molar-refractivity contribution in [2.24, 2.45) is 0 Å². The van der Waals surface area contributed by atoms with Crippen LogP contribution in [0.5, 0.6) is 0 Å². The fourth-order valence-electron chi connectivity index (χ4n) is 5.02. The molecule has 5 rings (SSSR count). The highest BCUT2D eigenvalue weighted by Gasteiger charge is 2.40. The molecule has 3 aromatic rings. The molecule has 2 aliphatic rings. The minimum Gasteiger partial charge on any atom is -0.330 e. The lowest BCUT2D eigenvalue weighted by Crippen LogP contribution is -2.29. The molecule has 8 heteroatoms. The highest BCUT2D eigenvalue weighted by molar-refractivity contribution is 7.13. The second kappa shape index (κ2) is 8.96. The first-order valence-corrected chi connectivity index (χ1v) is 12.7. The first-order chi connectivity index (χ1) is 15.6. The van der Waals surface area contributed by atoms with Gasteiger partial charge >= 0.3 is 0 Å². The number of thiazole rings is 1. The van der Waals surface area contributed by atoms with Crippen molar-refractivity contribution in [1.82, 2.24) is 24.3 Å². The monoisotopic (exact) mass is 469 g/mol. The van der Waals surface area contributed by atoms with E-state index in [2.05, 4.69) is 28.7 Å². The summed E-state index contributed by atoms with van der Waals surface area (Å²) < 4.78 is 2.06. The van der Waals surface area contributed by atoms with Gasteiger partial charge in [0, 0.05) is 18.5 Å². The van der Waals surface area contributed by atoms with Gasteiger partial charge in [-0.2, -0.15) is 0 Å². The van der Waals surface area contributed by atoms with E-state index in [1.165, 1.54) is 0 Å². The largest absolute Gasteiger partial charge is 0.330 e. The van der Waals surface area contributed by atoms with Crippen LogP contribution in [0.4, 0.5) is 0 Å². The molecule has 6 nitrogen and oxygen atoms in total. The molecule has 0 spiro atoms. The number of carbonyl (C=O) groups excluding carboxylic acids is 1. The predicted octanol–water partition coefficient (Wildman–Crippen LogP) is 5.56. The van der Waals surface area contributed by atoms with Gasteiger partial charge in [-0.05, 0) is 50.9 Å². The summed E-state index contributed by atoms with van der Waals surface area (Å²) in [6, 6.07) is 5.63. The van der Waals surface area contributed by atoms with Gasteiger partial charge < -0.3 is 4.90 Å². The van der Waals surface area contributed by atoms with Crippen molar-refractivity contribution < 1.29 is 4.79 Å². The Morgan fingerprint density at radius 2 is 2.06 bits per heavy atom. The second-order valence-electron chi connectivity index (χ2n) is 8.56. The zero-order valence-electron chi connectivity index (χ0n) is 18.6. The number of benzene rings is 1. The molecule has 0 unspecified atom stereocenters. The maximum atomic E-state index is 13.4. The van der Waals surface area contributed by atoms with E-state index in [0.29, 0.717) is 10.6 Å². The van der Waals surface area contributed by atoms with E-state index in [0.717, 1.165) is 79.6 Å². The number of carbonyl (C=O) groups is 1. The topological polar surface area (TPSA) is 54.3 Å². The molecule has 32 heavy (non-hydrogen) atoms. The number of nitrogens with zero attached hydrogens (tertiary/aromatic N) is 5. The first-order valence-electron chi connectivity index (χ1n) is 11.5. The molecule has 1 amide bonds. The number of fused-ring (bicyclic) bond motifs is 5. The number of rotatable bonds is 7. The average Bonchev–Trinajstić information content (AvgIpc) is 3.51. The fraction of sp³-hybridized carbons (Fsp3) is 0.458. The Kier molecular flexibility index (Phi) is 6.05. The van der Waals surface area contributed by atoms with Gasteiger partial charge in [-0.25, -0.2) is 9.97 Å². The lowest BCUT2D eigenvalue weighted by atomic mass is 10.1. The summed E-state index contributed by atoms with van der Waals surface area (Å²) in [5, 5.41) is 3.56. The molecule has 0 radical (unpaired) electrons. The van der Waals surface area contributed by atoms with Crippen LogP contribution in [0.3, 0.4) is 0 Å². The zero-order chi connectivity index (χ0) is 22.2. The van der Waals surface area contributed by atoms with Crippen LogP contribution in [-0.4, -0.2) is 49.9 Å². The molecule has 2 aromatic heterocycles. The van der Waals surface area contributed by atoms with Gasteiger partial charge in [-0.1, -0.05) is 31.5 Å². The molecule has 0 bridgehead atoms. The van der Waals surface area contributed by atoms with Crippen LogP contribution >= 0.6 is 22.9 Å². The Morgan fingerprint density at radius 1 is 1.25 bits per heavy atom. The molecule has 4 heterocycles. The molecular weight excluding hydrogens is 442 g/mol. The number of hydrogen-bond donors (Lipinski definition) is 0. The van der Waals surface area contributed by atoms with E-state index in [-0.39, 0.29) is 11.9 Å². The van der Waals surface area contributed by atoms with Crippen LogP contribution in [0.15, 0.2) is 29.9 Å². The van der Waals surface area contributed by atoms with Gasteiger partial charge in [0.2, 0.25) is 0 Å². The highest BCUT2D eigenvalue weighted by atomic mass is 35.5. The molecule has 0 saturated carbocycles. The third-order valence-corrected chi connectivity index (χ3v) is 7.53. The molecule has 1 fully saturated rings. The number of aromatic nitrogens is 3. The van der Waals surface area contributed by atoms with Crippen molar-refractivity contribution in [2.75, 3.05) is 19.6 Å². The minimum absolute atomic E-state index is 0.00695. The normalized spacial score (nSPS) is 17.4. The number of halogens is 1. The standard InChI is InChI=1S/C24H28ClN5OS/c1-3-10-28(11-4-2)13-16-14-32-23(27-16)21-22-19-9-6-12-29(19)24(31)20-17(25)7-5-8-18(20)30(22)15-26-21/h5,7-8,14-15,19H,3-4,6,9-13H2,1-2H3/t19-/m0/s1. The van der Waals surface area contributed by atoms with E-state index < -0.39 is 0 Å². The number of amides is 1. The summed E-state index contributed by atoms with van der Waals surface area (Å²) in [5.41, 5.74) is 4.40. The van der Waals surface area contributed by atoms with Crippen LogP contribution in [0.25, 0.3) is 16.4 Å². The lowest BCUT2D eigenvalue weighted by Gasteiger charge is -2.23. The summed E-state index contributed by atoms with van der Waals surface area (Å²) in [4.78, 5) is 27.6. The van der Waals surface area contributed by atoms with Crippen molar-refractivity contribution in [3.05, 3.63) is 51.9 Å². The molecule has 1 atom stereocenters. The quantitative estimate of drug-likeness (QED) is 0.454. The summed E-state index contributed by atoms with van der Waals surface area (Å²) in [6.45, 7) is 8.20. The zero-order valence-corrected chi connectivity index (χ0v) is 20.1. The van der Waals surface area contributed by atoms with Crippen LogP contribution in [0.1, 0.15) is 67.3 Å². The van der Waals surface area contributed by atoms with Crippen LogP contribution in [0, 0.1) is 0 Å². The number of hydrogen-bond acceptors (Lipinski definition) is 5. The first kappa shape index (κ1) is 21.6. The SMILES string of the molecule is CCCN(CCC)Cc1csc(-c2ncn3c2[C@@H]2CCCN2C(=O)c2c(Cl)cccc2-3)n1. The summed E-state index contributed by atoms with van der Waals surface area (Å²) in [7, 11) is 0. The maximum Gasteiger partial charge on any atom is 0.258 e. The molecule has 168 valence electrons. The predicted molar refractivity (Wildman–Crippen MR) is 129 cm³/mol. The van der Waals surface area contributed by atoms with E-state index in [4.69, 9.17) is 21.6 Å². The molecule has 2 aliphatic heterocycles. The summed E-state index contributed by atoms with van der Waals surface area (Å²) >= 11 is 8.14. The second-order valence-corrected chi connectivity index (χ2v) is 9.82. The smallest absolute Gasteiger partial charge is 0.258 e. The number of imidazole rings is 1. The molecule has 1 aromatic carbocycles. The average molecular weight is 470 g/mol. The summed E-state index contributed by atoms with van der Waals surface area (Å²) in [5.74, 6) is 0.0114. The van der Waals surface area contributed by atoms with Crippen molar-refractivity contribution in [1.29, 1.82) is 0 Å². The highest BCUT2D eigenvalue weighted by Crippen LogP contribution is 2.44. The molecule has 0 N–H and O–H groups in total.